The molecular formula is C14H20FN3O2. The van der Waals surface area contributed by atoms with Gasteiger partial charge in [-0.1, -0.05) is 0 Å². The number of benzene rings is 1. The standard InChI is InChI=1S/C14H20FN3O2/c15-11-1-2-12(16)13(7-11)17-14(20)9-18-5-3-10(8-18)4-6-19/h1-2,7,10,19H,3-6,8-9,16H2,(H,17,20). The smallest absolute Gasteiger partial charge is 0.238 e. The van der Waals surface area contributed by atoms with Crippen molar-refractivity contribution in [3.05, 3.63) is 24.0 Å². The van der Waals surface area contributed by atoms with Crippen molar-refractivity contribution in [1.29, 1.82) is 0 Å². The predicted molar refractivity (Wildman–Crippen MR) is 75.7 cm³/mol. The quantitative estimate of drug-likeness (QED) is 0.705. The summed E-state index contributed by atoms with van der Waals surface area (Å²) in [7, 11) is 0. The number of likely N-dealkylation sites (tertiary alicyclic amines) is 1. The van der Waals surface area contributed by atoms with Crippen LogP contribution in [0.5, 0.6) is 0 Å². The highest BCUT2D eigenvalue weighted by Gasteiger charge is 2.23. The lowest BCUT2D eigenvalue weighted by Crippen LogP contribution is -2.31. The van der Waals surface area contributed by atoms with Crippen LogP contribution in [-0.2, 0) is 4.79 Å². The number of carbonyl (C=O) groups is 1. The van der Waals surface area contributed by atoms with Crippen LogP contribution in [0.2, 0.25) is 0 Å². The first-order valence-electron chi connectivity index (χ1n) is 6.76. The molecule has 2 rings (SSSR count). The summed E-state index contributed by atoms with van der Waals surface area (Å²) in [5, 5.41) is 11.5. The third-order valence-corrected chi connectivity index (χ3v) is 3.56. The molecule has 1 amide bonds. The van der Waals surface area contributed by atoms with Crippen molar-refractivity contribution in [2.75, 3.05) is 37.3 Å². The zero-order valence-corrected chi connectivity index (χ0v) is 11.3. The normalized spacial score (nSPS) is 19.2. The van der Waals surface area contributed by atoms with Crippen molar-refractivity contribution in [3.63, 3.8) is 0 Å². The van der Waals surface area contributed by atoms with Gasteiger partial charge in [0.25, 0.3) is 0 Å². The van der Waals surface area contributed by atoms with Crippen molar-refractivity contribution in [1.82, 2.24) is 4.90 Å². The fraction of sp³-hybridized carbons (Fsp3) is 0.500. The van der Waals surface area contributed by atoms with Gasteiger partial charge in [-0.25, -0.2) is 4.39 Å². The molecule has 1 aromatic carbocycles. The first-order valence-corrected chi connectivity index (χ1v) is 6.76. The van der Waals surface area contributed by atoms with Crippen LogP contribution in [0.3, 0.4) is 0 Å². The number of nitrogens with one attached hydrogen (secondary N) is 1. The number of nitrogens with zero attached hydrogens (tertiary/aromatic N) is 1. The summed E-state index contributed by atoms with van der Waals surface area (Å²) >= 11 is 0. The number of amides is 1. The largest absolute Gasteiger partial charge is 0.397 e. The van der Waals surface area contributed by atoms with Gasteiger partial charge in [-0.3, -0.25) is 9.69 Å². The van der Waals surface area contributed by atoms with Crippen LogP contribution in [0.15, 0.2) is 18.2 Å². The molecule has 1 atom stereocenters. The van der Waals surface area contributed by atoms with Gasteiger partial charge >= 0.3 is 0 Å². The predicted octanol–water partition coefficient (Wildman–Crippen LogP) is 1.05. The van der Waals surface area contributed by atoms with E-state index in [0.717, 1.165) is 25.9 Å². The Morgan fingerprint density at radius 1 is 1.55 bits per heavy atom. The van der Waals surface area contributed by atoms with E-state index in [2.05, 4.69) is 5.32 Å². The third-order valence-electron chi connectivity index (χ3n) is 3.56. The lowest BCUT2D eigenvalue weighted by Gasteiger charge is -2.16. The van der Waals surface area contributed by atoms with Gasteiger partial charge in [0.15, 0.2) is 0 Å². The Balaban J connectivity index is 1.85. The van der Waals surface area contributed by atoms with Crippen molar-refractivity contribution in [2.45, 2.75) is 12.8 Å². The first-order chi connectivity index (χ1) is 9.58. The number of carbonyl (C=O) groups excluding carboxylic acids is 1. The Hall–Kier alpha value is -1.66. The van der Waals surface area contributed by atoms with Gasteiger partial charge in [0, 0.05) is 13.2 Å². The van der Waals surface area contributed by atoms with Crippen LogP contribution in [0.25, 0.3) is 0 Å². The molecule has 1 aliphatic heterocycles. The van der Waals surface area contributed by atoms with E-state index in [9.17, 15) is 9.18 Å². The average molecular weight is 281 g/mol. The van der Waals surface area contributed by atoms with Crippen molar-refractivity contribution in [2.24, 2.45) is 5.92 Å². The molecule has 0 radical (unpaired) electrons. The van der Waals surface area contributed by atoms with Gasteiger partial charge < -0.3 is 16.2 Å². The molecule has 1 aromatic rings. The summed E-state index contributed by atoms with van der Waals surface area (Å²) in [5.41, 5.74) is 6.34. The summed E-state index contributed by atoms with van der Waals surface area (Å²) in [6, 6.07) is 3.90. The minimum atomic E-state index is -0.432. The van der Waals surface area contributed by atoms with Gasteiger partial charge in [-0.2, -0.15) is 0 Å². The Bertz CT molecular complexity index is 481. The fourth-order valence-corrected chi connectivity index (χ4v) is 2.50. The van der Waals surface area contributed by atoms with E-state index in [1.165, 1.54) is 18.2 Å². The second kappa shape index (κ2) is 6.67. The second-order valence-corrected chi connectivity index (χ2v) is 5.18. The molecule has 0 aromatic heterocycles. The minimum absolute atomic E-state index is 0.185. The molecule has 1 saturated heterocycles. The highest BCUT2D eigenvalue weighted by molar-refractivity contribution is 5.95. The molecule has 110 valence electrons. The lowest BCUT2D eigenvalue weighted by molar-refractivity contribution is -0.117. The van der Waals surface area contributed by atoms with E-state index in [1.54, 1.807) is 0 Å². The Kier molecular flexibility index (Phi) is 4.92. The number of halogens is 1. The second-order valence-electron chi connectivity index (χ2n) is 5.18. The maximum atomic E-state index is 13.1. The van der Waals surface area contributed by atoms with Gasteiger partial charge in [-0.05, 0) is 43.5 Å². The van der Waals surface area contributed by atoms with E-state index < -0.39 is 5.82 Å². The molecule has 1 heterocycles. The molecular weight excluding hydrogens is 261 g/mol. The van der Waals surface area contributed by atoms with Crippen molar-refractivity contribution in [3.8, 4) is 0 Å². The Labute approximate surface area is 117 Å². The third kappa shape index (κ3) is 3.91. The van der Waals surface area contributed by atoms with Crippen LogP contribution in [-0.4, -0.2) is 42.2 Å². The number of rotatable bonds is 5. The lowest BCUT2D eigenvalue weighted by atomic mass is 10.1. The Morgan fingerprint density at radius 2 is 2.35 bits per heavy atom. The summed E-state index contributed by atoms with van der Waals surface area (Å²) < 4.78 is 13.1. The van der Waals surface area contributed by atoms with E-state index in [-0.39, 0.29) is 19.1 Å². The fourth-order valence-electron chi connectivity index (χ4n) is 2.50. The molecule has 6 heteroatoms. The molecule has 1 unspecified atom stereocenters. The van der Waals surface area contributed by atoms with Crippen LogP contribution >= 0.6 is 0 Å². The summed E-state index contributed by atoms with van der Waals surface area (Å²) in [6.07, 6.45) is 1.77. The van der Waals surface area contributed by atoms with E-state index in [4.69, 9.17) is 10.8 Å². The average Bonchev–Trinajstić information content (AvgIpc) is 2.81. The van der Waals surface area contributed by atoms with E-state index in [1.807, 2.05) is 4.90 Å². The van der Waals surface area contributed by atoms with E-state index in [0.29, 0.717) is 17.3 Å². The minimum Gasteiger partial charge on any atom is -0.397 e. The number of nitrogens with two attached hydrogens (primary N) is 1. The van der Waals surface area contributed by atoms with Gasteiger partial charge in [-0.15, -0.1) is 0 Å². The van der Waals surface area contributed by atoms with E-state index >= 15 is 0 Å². The number of hydrogen-bond donors (Lipinski definition) is 3. The summed E-state index contributed by atoms with van der Waals surface area (Å²) in [5.74, 6) is -0.183. The maximum Gasteiger partial charge on any atom is 0.238 e. The number of hydrogen-bond acceptors (Lipinski definition) is 4. The van der Waals surface area contributed by atoms with Crippen LogP contribution < -0.4 is 11.1 Å². The first kappa shape index (κ1) is 14.7. The molecule has 0 aliphatic carbocycles. The Morgan fingerprint density at radius 3 is 3.10 bits per heavy atom. The van der Waals surface area contributed by atoms with Crippen molar-refractivity contribution >= 4 is 17.3 Å². The molecule has 1 fully saturated rings. The molecule has 4 N–H and O–H groups in total. The number of nitrogen functional groups attached to an aromatic ring is 1. The molecule has 1 aliphatic rings. The molecule has 20 heavy (non-hydrogen) atoms. The highest BCUT2D eigenvalue weighted by atomic mass is 19.1. The van der Waals surface area contributed by atoms with Crippen molar-refractivity contribution < 1.29 is 14.3 Å². The number of aliphatic hydroxyl groups is 1. The van der Waals surface area contributed by atoms with Gasteiger partial charge in [0.2, 0.25) is 5.91 Å². The maximum absolute atomic E-state index is 13.1. The zero-order valence-electron chi connectivity index (χ0n) is 11.3. The van der Waals surface area contributed by atoms with Crippen LogP contribution in [0.1, 0.15) is 12.8 Å². The van der Waals surface area contributed by atoms with Gasteiger partial charge in [0.1, 0.15) is 5.82 Å². The summed E-state index contributed by atoms with van der Waals surface area (Å²) in [4.78, 5) is 13.9. The highest BCUT2D eigenvalue weighted by Crippen LogP contribution is 2.21. The number of anilines is 2. The van der Waals surface area contributed by atoms with Crippen LogP contribution in [0, 0.1) is 11.7 Å². The topological polar surface area (TPSA) is 78.6 Å². The molecule has 5 nitrogen and oxygen atoms in total. The van der Waals surface area contributed by atoms with Gasteiger partial charge in [0.05, 0.1) is 17.9 Å². The molecule has 0 saturated carbocycles. The van der Waals surface area contributed by atoms with Crippen LogP contribution in [0.4, 0.5) is 15.8 Å². The zero-order chi connectivity index (χ0) is 14.5. The molecule has 0 bridgehead atoms. The molecule has 0 spiro atoms. The summed E-state index contributed by atoms with van der Waals surface area (Å²) in [6.45, 7) is 2.10. The SMILES string of the molecule is Nc1ccc(F)cc1NC(=O)CN1CCC(CCO)C1. The number of aliphatic hydroxyl groups excluding tert-OH is 1. The monoisotopic (exact) mass is 281 g/mol.